The molecule has 3 heterocycles. The summed E-state index contributed by atoms with van der Waals surface area (Å²) in [7, 11) is 0. The molecule has 146 valence electrons. The quantitative estimate of drug-likeness (QED) is 0.822. The smallest absolute Gasteiger partial charge is 0.251 e. The van der Waals surface area contributed by atoms with E-state index in [1.54, 1.807) is 30.1 Å². The van der Waals surface area contributed by atoms with Crippen LogP contribution >= 0.6 is 11.8 Å². The average molecular weight is 398 g/mol. The molecule has 2 N–H and O–H groups in total. The molecular weight excluding hydrogens is 376 g/mol. The Morgan fingerprint density at radius 1 is 1.25 bits per heavy atom. The van der Waals surface area contributed by atoms with Crippen LogP contribution in [0.25, 0.3) is 0 Å². The monoisotopic (exact) mass is 398 g/mol. The number of carbonyl (C=O) groups excluding carboxylic acids is 2. The fourth-order valence-electron chi connectivity index (χ4n) is 3.15. The van der Waals surface area contributed by atoms with Crippen molar-refractivity contribution in [2.45, 2.75) is 17.9 Å². The van der Waals surface area contributed by atoms with Crippen molar-refractivity contribution in [1.82, 2.24) is 10.3 Å². The lowest BCUT2D eigenvalue weighted by molar-refractivity contribution is -0.115. The van der Waals surface area contributed by atoms with Crippen LogP contribution in [0.1, 0.15) is 22.3 Å². The van der Waals surface area contributed by atoms with Crippen molar-refractivity contribution in [1.29, 1.82) is 0 Å². The molecule has 0 spiro atoms. The Bertz CT molecular complexity index is 866. The van der Waals surface area contributed by atoms with Crippen LogP contribution in [0.2, 0.25) is 0 Å². The largest absolute Gasteiger partial charge is 0.378 e. The fraction of sp³-hybridized carbons (Fsp3) is 0.350. The number of benzene rings is 1. The molecule has 2 amide bonds. The van der Waals surface area contributed by atoms with E-state index in [2.05, 4.69) is 20.5 Å². The number of ether oxygens (including phenoxy) is 1. The van der Waals surface area contributed by atoms with Gasteiger partial charge in [0.25, 0.3) is 5.91 Å². The molecule has 0 atom stereocenters. The molecule has 28 heavy (non-hydrogen) atoms. The Hall–Kier alpha value is -2.58. The van der Waals surface area contributed by atoms with Gasteiger partial charge in [0, 0.05) is 48.5 Å². The van der Waals surface area contributed by atoms with Gasteiger partial charge in [-0.2, -0.15) is 0 Å². The molecule has 2 aliphatic heterocycles. The third-order valence-corrected chi connectivity index (χ3v) is 5.78. The van der Waals surface area contributed by atoms with E-state index in [0.717, 1.165) is 48.3 Å². The predicted octanol–water partition coefficient (Wildman–Crippen LogP) is 2.28. The second-order valence-corrected chi connectivity index (χ2v) is 7.80. The van der Waals surface area contributed by atoms with Gasteiger partial charge in [-0.25, -0.2) is 4.98 Å². The number of pyridine rings is 1. The normalized spacial score (nSPS) is 16.7. The van der Waals surface area contributed by atoms with Crippen molar-refractivity contribution in [2.24, 2.45) is 0 Å². The average Bonchev–Trinajstić information content (AvgIpc) is 2.93. The second kappa shape index (κ2) is 8.62. The van der Waals surface area contributed by atoms with Gasteiger partial charge >= 0.3 is 0 Å². The molecule has 1 aromatic heterocycles. The Morgan fingerprint density at radius 2 is 2.11 bits per heavy atom. The minimum Gasteiger partial charge on any atom is -0.378 e. The number of nitrogens with one attached hydrogen (secondary N) is 2. The molecule has 0 saturated carbocycles. The number of morpholine rings is 1. The first kappa shape index (κ1) is 18.8. The topological polar surface area (TPSA) is 83.6 Å². The molecule has 8 heteroatoms. The van der Waals surface area contributed by atoms with E-state index in [-0.39, 0.29) is 11.8 Å². The summed E-state index contributed by atoms with van der Waals surface area (Å²) in [6.45, 7) is 3.53. The first-order chi connectivity index (χ1) is 13.7. The van der Waals surface area contributed by atoms with E-state index >= 15 is 0 Å². The summed E-state index contributed by atoms with van der Waals surface area (Å²) >= 11 is 1.62. The first-order valence-corrected chi connectivity index (χ1v) is 10.3. The van der Waals surface area contributed by atoms with Crippen LogP contribution in [0, 0.1) is 0 Å². The van der Waals surface area contributed by atoms with Crippen molar-refractivity contribution in [3.8, 4) is 0 Å². The number of hydrogen-bond donors (Lipinski definition) is 2. The van der Waals surface area contributed by atoms with E-state index in [1.165, 1.54) is 0 Å². The van der Waals surface area contributed by atoms with E-state index in [1.807, 2.05) is 18.2 Å². The Balaban J connectivity index is 1.37. The number of hydrogen-bond acceptors (Lipinski definition) is 6. The van der Waals surface area contributed by atoms with Gasteiger partial charge in [-0.3, -0.25) is 9.59 Å². The maximum atomic E-state index is 12.5. The van der Waals surface area contributed by atoms with Crippen LogP contribution in [0.5, 0.6) is 0 Å². The van der Waals surface area contributed by atoms with Crippen molar-refractivity contribution >= 4 is 35.1 Å². The summed E-state index contributed by atoms with van der Waals surface area (Å²) < 4.78 is 5.36. The molecule has 0 aliphatic carbocycles. The number of carbonyl (C=O) groups is 2. The number of rotatable bonds is 4. The SMILES string of the molecule is O=C1CCSc2ccc(C(=O)NCc3ccc(N4CCOCC4)nc3)cc2N1. The third kappa shape index (κ3) is 4.45. The number of amides is 2. The van der Waals surface area contributed by atoms with Gasteiger partial charge in [0.2, 0.25) is 5.91 Å². The minimum absolute atomic E-state index is 0.0183. The zero-order valence-electron chi connectivity index (χ0n) is 15.4. The van der Waals surface area contributed by atoms with Crippen molar-refractivity contribution in [2.75, 3.05) is 42.3 Å². The van der Waals surface area contributed by atoms with Gasteiger partial charge in [0.1, 0.15) is 5.82 Å². The highest BCUT2D eigenvalue weighted by atomic mass is 32.2. The van der Waals surface area contributed by atoms with Crippen molar-refractivity contribution < 1.29 is 14.3 Å². The molecule has 2 aromatic rings. The molecule has 1 aromatic carbocycles. The summed E-state index contributed by atoms with van der Waals surface area (Å²) in [6.07, 6.45) is 2.27. The maximum absolute atomic E-state index is 12.5. The third-order valence-electron chi connectivity index (χ3n) is 4.70. The lowest BCUT2D eigenvalue weighted by atomic mass is 10.1. The number of anilines is 2. The van der Waals surface area contributed by atoms with Crippen LogP contribution in [0.3, 0.4) is 0 Å². The van der Waals surface area contributed by atoms with Gasteiger partial charge in [-0.15, -0.1) is 11.8 Å². The lowest BCUT2D eigenvalue weighted by Crippen LogP contribution is -2.36. The van der Waals surface area contributed by atoms with Gasteiger partial charge in [0.05, 0.1) is 18.9 Å². The minimum atomic E-state index is -0.177. The van der Waals surface area contributed by atoms with Crippen LogP contribution < -0.4 is 15.5 Å². The molecule has 7 nitrogen and oxygen atoms in total. The molecule has 0 radical (unpaired) electrons. The van der Waals surface area contributed by atoms with E-state index in [4.69, 9.17) is 4.74 Å². The summed E-state index contributed by atoms with van der Waals surface area (Å²) in [5.41, 5.74) is 2.17. The van der Waals surface area contributed by atoms with Crippen LogP contribution in [0.4, 0.5) is 11.5 Å². The summed E-state index contributed by atoms with van der Waals surface area (Å²) in [6, 6.07) is 9.37. The first-order valence-electron chi connectivity index (χ1n) is 9.31. The Morgan fingerprint density at radius 3 is 2.89 bits per heavy atom. The molecule has 4 rings (SSSR count). The zero-order valence-corrected chi connectivity index (χ0v) is 16.3. The molecular formula is C20H22N4O3S. The van der Waals surface area contributed by atoms with Crippen LogP contribution in [-0.2, 0) is 16.1 Å². The highest BCUT2D eigenvalue weighted by Crippen LogP contribution is 2.31. The Labute approximate surface area is 167 Å². The highest BCUT2D eigenvalue weighted by Gasteiger charge is 2.16. The molecule has 2 aliphatic rings. The fourth-order valence-corrected chi connectivity index (χ4v) is 4.08. The summed E-state index contributed by atoms with van der Waals surface area (Å²) in [4.78, 5) is 31.9. The van der Waals surface area contributed by atoms with E-state index in [9.17, 15) is 9.59 Å². The predicted molar refractivity (Wildman–Crippen MR) is 109 cm³/mol. The second-order valence-electron chi connectivity index (χ2n) is 6.66. The number of aromatic nitrogens is 1. The van der Waals surface area contributed by atoms with Crippen molar-refractivity contribution in [3.63, 3.8) is 0 Å². The summed E-state index contributed by atoms with van der Waals surface area (Å²) in [5, 5.41) is 5.78. The van der Waals surface area contributed by atoms with Gasteiger partial charge in [-0.1, -0.05) is 6.07 Å². The Kier molecular flexibility index (Phi) is 5.78. The zero-order chi connectivity index (χ0) is 19.3. The summed E-state index contributed by atoms with van der Waals surface area (Å²) in [5.74, 6) is 1.48. The van der Waals surface area contributed by atoms with Gasteiger partial charge in [0.15, 0.2) is 0 Å². The molecule has 0 unspecified atom stereocenters. The highest BCUT2D eigenvalue weighted by molar-refractivity contribution is 7.99. The molecule has 1 fully saturated rings. The van der Waals surface area contributed by atoms with E-state index in [0.29, 0.717) is 24.2 Å². The molecule has 0 bridgehead atoms. The van der Waals surface area contributed by atoms with Crippen LogP contribution in [0.15, 0.2) is 41.4 Å². The number of thioether (sulfide) groups is 1. The standard InChI is InChI=1S/C20H22N4O3S/c25-19-5-10-28-17-3-2-15(11-16(17)23-19)20(26)22-13-14-1-4-18(21-12-14)24-6-8-27-9-7-24/h1-4,11-12H,5-10,13H2,(H,22,26)(H,23,25). The lowest BCUT2D eigenvalue weighted by Gasteiger charge is -2.27. The number of nitrogens with zero attached hydrogens (tertiary/aromatic N) is 2. The molecule has 1 saturated heterocycles. The van der Waals surface area contributed by atoms with E-state index < -0.39 is 0 Å². The van der Waals surface area contributed by atoms with Gasteiger partial charge in [-0.05, 0) is 29.8 Å². The van der Waals surface area contributed by atoms with Crippen LogP contribution in [-0.4, -0.2) is 48.9 Å². The van der Waals surface area contributed by atoms with Crippen molar-refractivity contribution in [3.05, 3.63) is 47.7 Å². The number of fused-ring (bicyclic) bond motifs is 1. The van der Waals surface area contributed by atoms with Gasteiger partial charge < -0.3 is 20.3 Å². The maximum Gasteiger partial charge on any atom is 0.251 e.